The summed E-state index contributed by atoms with van der Waals surface area (Å²) in [6.07, 6.45) is 0. The Labute approximate surface area is 116 Å². The average molecular weight is 265 g/mol. The molecule has 0 amide bonds. The van der Waals surface area contributed by atoms with Gasteiger partial charge in [0.15, 0.2) is 0 Å². The molecule has 108 valence electrons. The Balaban J connectivity index is 2.68. The molecule has 0 aliphatic carbocycles. The maximum atomic E-state index is 4.41. The minimum Gasteiger partial charge on any atom is -0.370 e. The fraction of sp³-hybridized carbons (Fsp3) is 0.714. The Morgan fingerprint density at radius 1 is 1.16 bits per heavy atom. The maximum Gasteiger partial charge on any atom is 0.131 e. The molecule has 0 bridgehead atoms. The van der Waals surface area contributed by atoms with Gasteiger partial charge in [0.1, 0.15) is 17.5 Å². The monoisotopic (exact) mass is 265 g/mol. The van der Waals surface area contributed by atoms with E-state index in [2.05, 4.69) is 53.6 Å². The van der Waals surface area contributed by atoms with Crippen LogP contribution in [0.2, 0.25) is 0 Å². The van der Waals surface area contributed by atoms with Crippen LogP contribution in [0.15, 0.2) is 6.07 Å². The van der Waals surface area contributed by atoms with Gasteiger partial charge in [-0.2, -0.15) is 0 Å². The molecule has 5 nitrogen and oxygen atoms in total. The van der Waals surface area contributed by atoms with E-state index in [1.165, 1.54) is 0 Å². The summed E-state index contributed by atoms with van der Waals surface area (Å²) in [4.78, 5) is 8.80. The summed E-state index contributed by atoms with van der Waals surface area (Å²) >= 11 is 0. The molecule has 0 aromatic carbocycles. The quantitative estimate of drug-likeness (QED) is 0.706. The minimum absolute atomic E-state index is 0.0321. The van der Waals surface area contributed by atoms with Crippen LogP contribution >= 0.6 is 0 Å². The molecule has 0 radical (unpaired) electrons. The van der Waals surface area contributed by atoms with Gasteiger partial charge >= 0.3 is 0 Å². The first-order chi connectivity index (χ1) is 8.82. The van der Waals surface area contributed by atoms with E-state index in [-0.39, 0.29) is 5.54 Å². The first-order valence-electron chi connectivity index (χ1n) is 6.85. The van der Waals surface area contributed by atoms with E-state index in [9.17, 15) is 0 Å². The number of nitrogens with one attached hydrogen (secondary N) is 3. The van der Waals surface area contributed by atoms with Gasteiger partial charge in [-0.15, -0.1) is 0 Å². The van der Waals surface area contributed by atoms with Crippen LogP contribution in [0.25, 0.3) is 0 Å². The Morgan fingerprint density at radius 3 is 2.26 bits per heavy atom. The van der Waals surface area contributed by atoms with Crippen molar-refractivity contribution in [3.05, 3.63) is 11.9 Å². The molecular formula is C14H27N5. The van der Waals surface area contributed by atoms with Crippen molar-refractivity contribution < 1.29 is 0 Å². The van der Waals surface area contributed by atoms with Crippen molar-refractivity contribution in [1.82, 2.24) is 15.3 Å². The fourth-order valence-corrected chi connectivity index (χ4v) is 1.46. The third kappa shape index (κ3) is 5.87. The molecule has 3 N–H and O–H groups in total. The molecule has 0 aliphatic heterocycles. The molecule has 1 heterocycles. The van der Waals surface area contributed by atoms with Crippen LogP contribution in [0.5, 0.6) is 0 Å². The van der Waals surface area contributed by atoms with E-state index in [0.29, 0.717) is 5.92 Å². The lowest BCUT2D eigenvalue weighted by Gasteiger charge is -2.24. The summed E-state index contributed by atoms with van der Waals surface area (Å²) in [5, 5.41) is 9.94. The zero-order valence-electron chi connectivity index (χ0n) is 13.0. The summed E-state index contributed by atoms with van der Waals surface area (Å²) in [6, 6.07) is 1.96. The predicted molar refractivity (Wildman–Crippen MR) is 81.7 cm³/mol. The fourth-order valence-electron chi connectivity index (χ4n) is 1.46. The zero-order chi connectivity index (χ0) is 14.5. The number of likely N-dealkylation sites (N-methyl/N-ethyl adjacent to an activating group) is 1. The molecule has 1 aromatic heterocycles. The Hall–Kier alpha value is -1.36. The number of aromatic nitrogens is 2. The largest absolute Gasteiger partial charge is 0.370 e. The van der Waals surface area contributed by atoms with Crippen molar-refractivity contribution in [2.24, 2.45) is 5.92 Å². The van der Waals surface area contributed by atoms with Crippen LogP contribution in [-0.2, 0) is 0 Å². The number of hydrogen-bond acceptors (Lipinski definition) is 5. The second kappa shape index (κ2) is 6.70. The van der Waals surface area contributed by atoms with Crippen LogP contribution in [0.3, 0.4) is 0 Å². The van der Waals surface area contributed by atoms with Crippen LogP contribution in [-0.4, -0.2) is 35.6 Å². The van der Waals surface area contributed by atoms with Crippen molar-refractivity contribution in [3.63, 3.8) is 0 Å². The third-order valence-corrected chi connectivity index (χ3v) is 2.92. The van der Waals surface area contributed by atoms with Gasteiger partial charge in [-0.3, -0.25) is 0 Å². The molecule has 0 aliphatic rings. The van der Waals surface area contributed by atoms with Gasteiger partial charge in [-0.1, -0.05) is 13.8 Å². The number of aryl methyl sites for hydroxylation is 1. The van der Waals surface area contributed by atoms with Gasteiger partial charge in [-0.25, -0.2) is 9.97 Å². The van der Waals surface area contributed by atoms with Gasteiger partial charge in [0.25, 0.3) is 0 Å². The molecule has 0 fully saturated rings. The van der Waals surface area contributed by atoms with E-state index in [1.54, 1.807) is 0 Å². The van der Waals surface area contributed by atoms with Gasteiger partial charge in [0.2, 0.25) is 0 Å². The van der Waals surface area contributed by atoms with E-state index < -0.39 is 0 Å². The molecular weight excluding hydrogens is 238 g/mol. The van der Waals surface area contributed by atoms with Crippen LogP contribution in [0.4, 0.5) is 11.6 Å². The lowest BCUT2D eigenvalue weighted by Crippen LogP contribution is -2.42. The van der Waals surface area contributed by atoms with Crippen molar-refractivity contribution >= 4 is 11.6 Å². The number of hydrogen-bond donors (Lipinski definition) is 3. The molecule has 1 aromatic rings. The lowest BCUT2D eigenvalue weighted by molar-refractivity contribution is 0.447. The van der Waals surface area contributed by atoms with Crippen LogP contribution in [0, 0.1) is 12.8 Å². The Morgan fingerprint density at radius 2 is 1.74 bits per heavy atom. The highest BCUT2D eigenvalue weighted by atomic mass is 15.1. The number of nitrogens with zero attached hydrogens (tertiary/aromatic N) is 2. The number of rotatable bonds is 7. The third-order valence-electron chi connectivity index (χ3n) is 2.92. The number of anilines is 2. The van der Waals surface area contributed by atoms with E-state index in [4.69, 9.17) is 0 Å². The zero-order valence-corrected chi connectivity index (χ0v) is 13.0. The average Bonchev–Trinajstić information content (AvgIpc) is 2.34. The van der Waals surface area contributed by atoms with Gasteiger partial charge in [-0.05, 0) is 33.7 Å². The van der Waals surface area contributed by atoms with E-state index in [1.807, 2.05) is 20.0 Å². The van der Waals surface area contributed by atoms with Gasteiger partial charge in [0.05, 0.1) is 0 Å². The van der Waals surface area contributed by atoms with Crippen molar-refractivity contribution in [1.29, 1.82) is 0 Å². The Kier molecular flexibility index (Phi) is 5.54. The first-order valence-corrected chi connectivity index (χ1v) is 6.85. The molecule has 19 heavy (non-hydrogen) atoms. The van der Waals surface area contributed by atoms with Gasteiger partial charge in [0, 0.05) is 24.7 Å². The Bertz CT molecular complexity index is 401. The summed E-state index contributed by atoms with van der Waals surface area (Å²) in [6.45, 7) is 12.3. The predicted octanol–water partition coefficient (Wildman–Crippen LogP) is 2.26. The standard InChI is InChI=1S/C14H27N5/c1-10(2)8-16-12-7-13(19-11(3)18-12)17-9-14(4,5)15-6/h7,10,15H,8-9H2,1-6H3,(H2,16,17,18,19). The van der Waals surface area contributed by atoms with Crippen LogP contribution in [0.1, 0.15) is 33.5 Å². The minimum atomic E-state index is 0.0321. The normalized spacial score (nSPS) is 11.7. The molecule has 0 saturated heterocycles. The highest BCUT2D eigenvalue weighted by Gasteiger charge is 2.14. The van der Waals surface area contributed by atoms with Crippen molar-refractivity contribution in [3.8, 4) is 0 Å². The van der Waals surface area contributed by atoms with Crippen molar-refractivity contribution in [2.75, 3.05) is 30.8 Å². The molecule has 0 saturated carbocycles. The second-order valence-corrected chi connectivity index (χ2v) is 5.95. The van der Waals surface area contributed by atoms with Gasteiger partial charge < -0.3 is 16.0 Å². The molecule has 0 spiro atoms. The SMILES string of the molecule is CNC(C)(C)CNc1cc(NCC(C)C)nc(C)n1. The molecule has 0 unspecified atom stereocenters. The molecule has 5 heteroatoms. The second-order valence-electron chi connectivity index (χ2n) is 5.95. The van der Waals surface area contributed by atoms with Crippen LogP contribution < -0.4 is 16.0 Å². The highest BCUT2D eigenvalue weighted by molar-refractivity contribution is 5.47. The maximum absolute atomic E-state index is 4.41. The topological polar surface area (TPSA) is 61.9 Å². The first kappa shape index (κ1) is 15.7. The lowest BCUT2D eigenvalue weighted by atomic mass is 10.1. The van der Waals surface area contributed by atoms with Crippen molar-refractivity contribution in [2.45, 2.75) is 40.2 Å². The molecule has 0 atom stereocenters. The molecule has 1 rings (SSSR count). The summed E-state index contributed by atoms with van der Waals surface area (Å²) in [5.41, 5.74) is 0.0321. The van der Waals surface area contributed by atoms with E-state index >= 15 is 0 Å². The summed E-state index contributed by atoms with van der Waals surface area (Å²) < 4.78 is 0. The summed E-state index contributed by atoms with van der Waals surface area (Å²) in [7, 11) is 1.96. The van der Waals surface area contributed by atoms with E-state index in [0.717, 1.165) is 30.5 Å². The summed E-state index contributed by atoms with van der Waals surface area (Å²) in [5.74, 6) is 3.11. The smallest absolute Gasteiger partial charge is 0.131 e. The highest BCUT2D eigenvalue weighted by Crippen LogP contribution is 2.13.